The van der Waals surface area contributed by atoms with Gasteiger partial charge in [-0.25, -0.2) is 0 Å². The Balaban J connectivity index is 2.63. The topological polar surface area (TPSA) is 43.7 Å². The largest absolute Gasteiger partial charge is 0.395 e. The predicted molar refractivity (Wildman–Crippen MR) is 48.0 cm³/mol. The lowest BCUT2D eigenvalue weighted by molar-refractivity contribution is 0.0644. The second kappa shape index (κ2) is 3.32. The van der Waals surface area contributed by atoms with E-state index in [0.29, 0.717) is 19.0 Å². The number of rotatable bonds is 2. The zero-order valence-electron chi connectivity index (χ0n) is 8.12. The van der Waals surface area contributed by atoms with E-state index in [9.17, 15) is 5.11 Å². The number of hydrogen-bond donors (Lipinski definition) is 2. The normalized spacial score (nSPS) is 38.0. The zero-order chi connectivity index (χ0) is 9.35. The molecule has 0 aromatic rings. The summed E-state index contributed by atoms with van der Waals surface area (Å²) in [7, 11) is 0. The molecule has 0 saturated carbocycles. The maximum absolute atomic E-state index is 9.76. The van der Waals surface area contributed by atoms with E-state index in [0.717, 1.165) is 0 Å². The summed E-state index contributed by atoms with van der Waals surface area (Å²) in [5.41, 5.74) is -0.613. The van der Waals surface area contributed by atoms with Crippen LogP contribution in [0.2, 0.25) is 0 Å². The van der Waals surface area contributed by atoms with Crippen LogP contribution in [0.25, 0.3) is 0 Å². The van der Waals surface area contributed by atoms with Crippen LogP contribution in [0.4, 0.5) is 0 Å². The maximum atomic E-state index is 9.76. The van der Waals surface area contributed by atoms with E-state index in [2.05, 4.69) is 18.7 Å². The number of aliphatic hydroxyl groups is 2. The molecule has 1 heterocycles. The van der Waals surface area contributed by atoms with Crippen molar-refractivity contribution >= 4 is 0 Å². The molecule has 1 fully saturated rings. The lowest BCUT2D eigenvalue weighted by Gasteiger charge is -2.26. The summed E-state index contributed by atoms with van der Waals surface area (Å²) < 4.78 is 0. The molecule has 0 amide bonds. The van der Waals surface area contributed by atoms with E-state index >= 15 is 0 Å². The lowest BCUT2D eigenvalue weighted by Crippen LogP contribution is -2.38. The van der Waals surface area contributed by atoms with Gasteiger partial charge in [0, 0.05) is 18.6 Å². The van der Waals surface area contributed by atoms with Crippen LogP contribution in [0, 0.1) is 0 Å². The van der Waals surface area contributed by atoms with Crippen molar-refractivity contribution in [3.63, 3.8) is 0 Å². The molecule has 1 unspecified atom stereocenters. The van der Waals surface area contributed by atoms with Gasteiger partial charge in [-0.3, -0.25) is 4.90 Å². The molecule has 3 heteroatoms. The molecular formula is C9H19NO2. The van der Waals surface area contributed by atoms with Gasteiger partial charge in [-0.1, -0.05) is 0 Å². The molecule has 0 bridgehead atoms. The SMILES string of the molecule is CC(C)N1CC(C)(O)C[C@H]1CO. The fourth-order valence-electron chi connectivity index (χ4n) is 1.99. The number of hydrogen-bond acceptors (Lipinski definition) is 3. The van der Waals surface area contributed by atoms with Crippen LogP contribution >= 0.6 is 0 Å². The predicted octanol–water partition coefficient (Wildman–Crippen LogP) is 0.212. The van der Waals surface area contributed by atoms with Gasteiger partial charge < -0.3 is 10.2 Å². The molecule has 2 N–H and O–H groups in total. The molecule has 3 nitrogen and oxygen atoms in total. The van der Waals surface area contributed by atoms with Gasteiger partial charge in [-0.2, -0.15) is 0 Å². The fourth-order valence-corrected chi connectivity index (χ4v) is 1.99. The first-order valence-corrected chi connectivity index (χ1v) is 4.55. The third-order valence-electron chi connectivity index (χ3n) is 2.54. The van der Waals surface area contributed by atoms with Gasteiger partial charge in [0.2, 0.25) is 0 Å². The van der Waals surface area contributed by atoms with Crippen molar-refractivity contribution in [2.24, 2.45) is 0 Å². The van der Waals surface area contributed by atoms with Gasteiger partial charge in [0.25, 0.3) is 0 Å². The Morgan fingerprint density at radius 2 is 2.17 bits per heavy atom. The van der Waals surface area contributed by atoms with E-state index in [-0.39, 0.29) is 12.6 Å². The summed E-state index contributed by atoms with van der Waals surface area (Å²) >= 11 is 0. The summed E-state index contributed by atoms with van der Waals surface area (Å²) in [6.07, 6.45) is 0.682. The van der Waals surface area contributed by atoms with Crippen molar-refractivity contribution in [3.05, 3.63) is 0 Å². The van der Waals surface area contributed by atoms with Crippen molar-refractivity contribution < 1.29 is 10.2 Å². The highest BCUT2D eigenvalue weighted by Crippen LogP contribution is 2.27. The summed E-state index contributed by atoms with van der Waals surface area (Å²) in [5.74, 6) is 0. The van der Waals surface area contributed by atoms with E-state index in [1.807, 2.05) is 6.92 Å². The fraction of sp³-hybridized carbons (Fsp3) is 1.00. The lowest BCUT2D eigenvalue weighted by atomic mass is 10.0. The first kappa shape index (κ1) is 9.96. The summed E-state index contributed by atoms with van der Waals surface area (Å²) in [4.78, 5) is 2.15. The molecule has 1 rings (SSSR count). The van der Waals surface area contributed by atoms with Gasteiger partial charge in [-0.05, 0) is 27.2 Å². The summed E-state index contributed by atoms with van der Waals surface area (Å²) in [6, 6.07) is 0.538. The number of likely N-dealkylation sites (tertiary alicyclic amines) is 1. The highest BCUT2D eigenvalue weighted by atomic mass is 16.3. The Morgan fingerprint density at radius 3 is 2.50 bits per heavy atom. The van der Waals surface area contributed by atoms with Crippen LogP contribution in [-0.4, -0.2) is 45.9 Å². The van der Waals surface area contributed by atoms with Gasteiger partial charge in [0.05, 0.1) is 12.2 Å². The minimum absolute atomic E-state index is 0.139. The molecule has 0 aromatic heterocycles. The number of aliphatic hydroxyl groups excluding tert-OH is 1. The van der Waals surface area contributed by atoms with Crippen molar-refractivity contribution in [3.8, 4) is 0 Å². The Labute approximate surface area is 74.0 Å². The average Bonchev–Trinajstić information content (AvgIpc) is 2.25. The van der Waals surface area contributed by atoms with Crippen LogP contribution in [0.1, 0.15) is 27.2 Å². The smallest absolute Gasteiger partial charge is 0.0762 e. The Kier molecular flexibility index (Phi) is 2.76. The molecule has 1 saturated heterocycles. The van der Waals surface area contributed by atoms with Crippen molar-refractivity contribution in [1.29, 1.82) is 0 Å². The molecule has 1 aliphatic rings. The number of nitrogens with zero attached hydrogens (tertiary/aromatic N) is 1. The molecule has 72 valence electrons. The summed E-state index contributed by atoms with van der Waals surface area (Å²) in [5, 5.41) is 18.8. The van der Waals surface area contributed by atoms with Crippen LogP contribution in [0.3, 0.4) is 0 Å². The highest BCUT2D eigenvalue weighted by molar-refractivity contribution is 4.94. The van der Waals surface area contributed by atoms with Crippen molar-refractivity contribution in [1.82, 2.24) is 4.90 Å². The first-order valence-electron chi connectivity index (χ1n) is 4.55. The molecule has 0 radical (unpaired) electrons. The van der Waals surface area contributed by atoms with Crippen LogP contribution in [0.15, 0.2) is 0 Å². The third kappa shape index (κ3) is 1.97. The molecular weight excluding hydrogens is 154 g/mol. The molecule has 0 aliphatic carbocycles. The Hall–Kier alpha value is -0.120. The maximum Gasteiger partial charge on any atom is 0.0762 e. The molecule has 0 spiro atoms. The highest BCUT2D eigenvalue weighted by Gasteiger charge is 2.39. The Morgan fingerprint density at radius 1 is 1.58 bits per heavy atom. The first-order chi connectivity index (χ1) is 5.46. The van der Waals surface area contributed by atoms with E-state index < -0.39 is 5.60 Å². The van der Waals surface area contributed by atoms with Crippen LogP contribution in [-0.2, 0) is 0 Å². The van der Waals surface area contributed by atoms with Crippen LogP contribution < -0.4 is 0 Å². The Bertz CT molecular complexity index is 157. The van der Waals surface area contributed by atoms with E-state index in [1.54, 1.807) is 0 Å². The van der Waals surface area contributed by atoms with Crippen LogP contribution in [0.5, 0.6) is 0 Å². The average molecular weight is 173 g/mol. The van der Waals surface area contributed by atoms with Gasteiger partial charge in [0.1, 0.15) is 0 Å². The summed E-state index contributed by atoms with van der Waals surface area (Å²) in [6.45, 7) is 6.83. The second-order valence-corrected chi connectivity index (χ2v) is 4.30. The molecule has 0 aromatic carbocycles. The van der Waals surface area contributed by atoms with E-state index in [1.165, 1.54) is 0 Å². The number of β-amino-alcohol motifs (C(OH)–C–C–N with tert-alkyl or cyclic N) is 1. The minimum Gasteiger partial charge on any atom is -0.395 e. The van der Waals surface area contributed by atoms with Gasteiger partial charge in [-0.15, -0.1) is 0 Å². The van der Waals surface area contributed by atoms with Gasteiger partial charge in [0.15, 0.2) is 0 Å². The minimum atomic E-state index is -0.613. The van der Waals surface area contributed by atoms with Crippen molar-refractivity contribution in [2.45, 2.75) is 44.9 Å². The van der Waals surface area contributed by atoms with Gasteiger partial charge >= 0.3 is 0 Å². The quantitative estimate of drug-likeness (QED) is 0.627. The standard InChI is InChI=1S/C9H19NO2/c1-7(2)10-6-9(3,12)4-8(10)5-11/h7-8,11-12H,4-6H2,1-3H3/t8-,9?/m0/s1. The second-order valence-electron chi connectivity index (χ2n) is 4.30. The molecule has 1 aliphatic heterocycles. The molecule has 12 heavy (non-hydrogen) atoms. The third-order valence-corrected chi connectivity index (χ3v) is 2.54. The van der Waals surface area contributed by atoms with Crippen molar-refractivity contribution in [2.75, 3.05) is 13.2 Å². The van der Waals surface area contributed by atoms with E-state index in [4.69, 9.17) is 5.11 Å². The monoisotopic (exact) mass is 173 g/mol. The zero-order valence-corrected chi connectivity index (χ0v) is 8.12. The molecule has 2 atom stereocenters.